The van der Waals surface area contributed by atoms with Crippen LogP contribution < -0.4 is 10.6 Å². The third-order valence-corrected chi connectivity index (χ3v) is 6.05. The van der Waals surface area contributed by atoms with Crippen molar-refractivity contribution in [2.75, 3.05) is 10.6 Å². The largest absolute Gasteiger partial charge is 0.417 e. The molecule has 154 valence electrons. The molecule has 2 aromatic rings. The molecule has 1 heterocycles. The van der Waals surface area contributed by atoms with E-state index in [4.69, 9.17) is 0 Å². The minimum Gasteiger partial charge on any atom is -0.362 e. The van der Waals surface area contributed by atoms with E-state index in [9.17, 15) is 26.7 Å². The van der Waals surface area contributed by atoms with Gasteiger partial charge in [0.1, 0.15) is 5.82 Å². The number of hydrogen-bond acceptors (Lipinski definition) is 3. The van der Waals surface area contributed by atoms with Gasteiger partial charge in [0.25, 0.3) is 0 Å². The maximum absolute atomic E-state index is 14.0. The lowest BCUT2D eigenvalue weighted by Gasteiger charge is -2.72. The Bertz CT molecular complexity index is 938. The van der Waals surface area contributed by atoms with Crippen molar-refractivity contribution >= 4 is 17.4 Å². The number of benzene rings is 1. The molecule has 29 heavy (non-hydrogen) atoms. The summed E-state index contributed by atoms with van der Waals surface area (Å²) >= 11 is 0. The Hall–Kier alpha value is -2.71. The van der Waals surface area contributed by atoms with Crippen molar-refractivity contribution in [2.24, 2.45) is 11.3 Å². The zero-order chi connectivity index (χ0) is 21.0. The van der Waals surface area contributed by atoms with Crippen LogP contribution in [-0.4, -0.2) is 16.4 Å². The third-order valence-electron chi connectivity index (χ3n) is 6.05. The molecule has 3 fully saturated rings. The van der Waals surface area contributed by atoms with E-state index in [0.29, 0.717) is 37.2 Å². The van der Waals surface area contributed by atoms with E-state index >= 15 is 0 Å². The van der Waals surface area contributed by atoms with Crippen LogP contribution in [0.4, 0.5) is 33.5 Å². The van der Waals surface area contributed by atoms with Crippen LogP contribution in [0.15, 0.2) is 36.5 Å². The maximum Gasteiger partial charge on any atom is 0.417 e. The van der Waals surface area contributed by atoms with Crippen molar-refractivity contribution in [3.63, 3.8) is 0 Å². The van der Waals surface area contributed by atoms with Crippen LogP contribution >= 0.6 is 0 Å². The highest BCUT2D eigenvalue weighted by Gasteiger charge is 2.71. The molecule has 5 rings (SSSR count). The SMILES string of the molecule is CC(C(=O)Nc1ccc(F)cc1)C12CC(Nc3ncc(C(F)(F)F)cc3F)(C1)C2. The molecular weight excluding hydrogens is 393 g/mol. The van der Waals surface area contributed by atoms with Crippen LogP contribution in [0.2, 0.25) is 0 Å². The second-order valence-electron chi connectivity index (χ2n) is 8.07. The summed E-state index contributed by atoms with van der Waals surface area (Å²) in [6.45, 7) is 1.80. The number of hydrogen-bond donors (Lipinski definition) is 2. The first-order valence-electron chi connectivity index (χ1n) is 9.09. The van der Waals surface area contributed by atoms with E-state index in [1.54, 1.807) is 6.92 Å². The van der Waals surface area contributed by atoms with Crippen LogP contribution in [-0.2, 0) is 11.0 Å². The van der Waals surface area contributed by atoms with Gasteiger partial charge in [0.2, 0.25) is 5.91 Å². The summed E-state index contributed by atoms with van der Waals surface area (Å²) in [5, 5.41) is 5.67. The van der Waals surface area contributed by atoms with E-state index in [1.807, 2.05) is 0 Å². The van der Waals surface area contributed by atoms with Crippen molar-refractivity contribution in [1.29, 1.82) is 0 Å². The van der Waals surface area contributed by atoms with Crippen LogP contribution in [0, 0.1) is 23.0 Å². The van der Waals surface area contributed by atoms with Gasteiger partial charge in [-0.1, -0.05) is 6.92 Å². The smallest absolute Gasteiger partial charge is 0.362 e. The highest BCUT2D eigenvalue weighted by atomic mass is 19.4. The molecule has 0 spiro atoms. The summed E-state index contributed by atoms with van der Waals surface area (Å²) in [4.78, 5) is 16.1. The summed E-state index contributed by atoms with van der Waals surface area (Å²) in [6, 6.07) is 5.89. The summed E-state index contributed by atoms with van der Waals surface area (Å²) in [6.07, 6.45) is -2.26. The Balaban J connectivity index is 1.36. The summed E-state index contributed by atoms with van der Waals surface area (Å²) in [5.74, 6) is -2.17. The number of halogens is 5. The van der Waals surface area contributed by atoms with Gasteiger partial charge < -0.3 is 10.6 Å². The number of anilines is 2. The van der Waals surface area contributed by atoms with Gasteiger partial charge in [0.15, 0.2) is 11.6 Å². The van der Waals surface area contributed by atoms with Gasteiger partial charge in [-0.3, -0.25) is 4.79 Å². The van der Waals surface area contributed by atoms with Gasteiger partial charge in [-0.05, 0) is 55.0 Å². The number of pyridine rings is 1. The number of carbonyl (C=O) groups is 1. The summed E-state index contributed by atoms with van der Waals surface area (Å²) < 4.78 is 64.9. The molecule has 3 aliphatic rings. The average Bonchev–Trinajstić information content (AvgIpc) is 2.58. The van der Waals surface area contributed by atoms with Gasteiger partial charge in [-0.25, -0.2) is 13.8 Å². The lowest BCUT2D eigenvalue weighted by atomic mass is 9.36. The van der Waals surface area contributed by atoms with Gasteiger partial charge in [0, 0.05) is 23.3 Å². The molecule has 1 aromatic carbocycles. The van der Waals surface area contributed by atoms with Crippen molar-refractivity contribution in [2.45, 2.75) is 37.9 Å². The molecule has 3 saturated carbocycles. The van der Waals surface area contributed by atoms with E-state index in [2.05, 4.69) is 15.6 Å². The number of amides is 1. The number of alkyl halides is 3. The molecule has 0 aliphatic heterocycles. The topological polar surface area (TPSA) is 54.0 Å². The van der Waals surface area contributed by atoms with E-state index in [1.165, 1.54) is 24.3 Å². The minimum absolute atomic E-state index is 0.191. The van der Waals surface area contributed by atoms with Crippen molar-refractivity contribution in [1.82, 2.24) is 4.98 Å². The standard InChI is InChI=1S/C20H18F5N3O/c1-11(17(29)27-14-4-2-13(21)3-5-14)18-8-19(9-18,10-18)28-16-15(22)6-12(7-26-16)20(23,24)25/h2-7,11H,8-10H2,1H3,(H,26,28)(H,27,29). The number of carbonyl (C=O) groups excluding carboxylic acids is 1. The van der Waals surface area contributed by atoms with Crippen LogP contribution in [0.1, 0.15) is 31.7 Å². The molecule has 0 saturated heterocycles. The van der Waals surface area contributed by atoms with Gasteiger partial charge in [-0.2, -0.15) is 13.2 Å². The Morgan fingerprint density at radius 3 is 2.31 bits per heavy atom. The molecule has 4 nitrogen and oxygen atoms in total. The number of aromatic nitrogens is 1. The normalized spacial score (nSPS) is 26.1. The van der Waals surface area contributed by atoms with Gasteiger partial charge in [-0.15, -0.1) is 0 Å². The minimum atomic E-state index is -4.65. The van der Waals surface area contributed by atoms with Crippen molar-refractivity contribution in [3.8, 4) is 0 Å². The first-order valence-corrected chi connectivity index (χ1v) is 9.09. The zero-order valence-electron chi connectivity index (χ0n) is 15.4. The second-order valence-corrected chi connectivity index (χ2v) is 8.07. The Morgan fingerprint density at radius 1 is 1.14 bits per heavy atom. The number of rotatable bonds is 5. The molecule has 1 amide bonds. The van der Waals surface area contributed by atoms with Gasteiger partial charge in [0.05, 0.1) is 5.56 Å². The lowest BCUT2D eigenvalue weighted by molar-refractivity contribution is -0.166. The van der Waals surface area contributed by atoms with E-state index < -0.39 is 28.9 Å². The summed E-state index contributed by atoms with van der Waals surface area (Å²) in [5.41, 5.74) is -1.32. The number of nitrogens with one attached hydrogen (secondary N) is 2. The predicted octanol–water partition coefficient (Wildman–Crippen LogP) is 4.99. The van der Waals surface area contributed by atoms with Gasteiger partial charge >= 0.3 is 6.18 Å². The van der Waals surface area contributed by atoms with E-state index in [-0.39, 0.29) is 23.1 Å². The molecule has 3 aliphatic carbocycles. The molecular formula is C20H18F5N3O. The molecule has 2 bridgehead atoms. The van der Waals surface area contributed by atoms with Crippen LogP contribution in [0.5, 0.6) is 0 Å². The monoisotopic (exact) mass is 411 g/mol. The molecule has 2 N–H and O–H groups in total. The summed E-state index contributed by atoms with van der Waals surface area (Å²) in [7, 11) is 0. The fourth-order valence-electron chi connectivity index (χ4n) is 4.46. The fraction of sp³-hybridized carbons (Fsp3) is 0.400. The zero-order valence-corrected chi connectivity index (χ0v) is 15.4. The van der Waals surface area contributed by atoms with Crippen LogP contribution in [0.25, 0.3) is 0 Å². The molecule has 9 heteroatoms. The second kappa shape index (κ2) is 6.40. The average molecular weight is 411 g/mol. The predicted molar refractivity (Wildman–Crippen MR) is 96.0 cm³/mol. The Morgan fingerprint density at radius 2 is 1.76 bits per heavy atom. The van der Waals surface area contributed by atoms with E-state index in [0.717, 1.165) is 0 Å². The molecule has 1 aromatic heterocycles. The van der Waals surface area contributed by atoms with Crippen LogP contribution in [0.3, 0.4) is 0 Å². The molecule has 1 atom stereocenters. The first kappa shape index (κ1) is 19.6. The Labute approximate surface area is 163 Å². The fourth-order valence-corrected chi connectivity index (χ4v) is 4.46. The third kappa shape index (κ3) is 3.42. The first-order chi connectivity index (χ1) is 13.5. The quantitative estimate of drug-likeness (QED) is 0.682. The van der Waals surface area contributed by atoms with Crippen molar-refractivity contribution in [3.05, 3.63) is 53.7 Å². The number of nitrogens with zero attached hydrogens (tertiary/aromatic N) is 1. The Kier molecular flexibility index (Phi) is 4.32. The maximum atomic E-state index is 14.0. The molecule has 1 unspecified atom stereocenters. The van der Waals surface area contributed by atoms with Crippen molar-refractivity contribution < 1.29 is 26.7 Å². The highest BCUT2D eigenvalue weighted by molar-refractivity contribution is 5.93. The molecule has 0 radical (unpaired) electrons. The highest BCUT2D eigenvalue weighted by Crippen LogP contribution is 2.71. The lowest BCUT2D eigenvalue weighted by Crippen LogP contribution is -2.74.